The first-order valence-corrected chi connectivity index (χ1v) is 1.01. The average Bonchev–Trinajstić information content (AvgIpc) is 0.918. The maximum absolute atomic E-state index is 4.39. The first kappa shape index (κ1) is 8.97. The van der Waals surface area contributed by atoms with E-state index in [2.05, 4.69) is 27.9 Å². The van der Waals surface area contributed by atoms with Crippen molar-refractivity contribution in [1.82, 2.24) is 0 Å². The second-order valence-electron chi connectivity index (χ2n) is 0.0639. The normalized spacial score (nSPS) is 4.50. The molecule has 0 aromatic heterocycles. The van der Waals surface area contributed by atoms with Crippen LogP contribution >= 0.6 is 23.6 Å². The fraction of sp³-hybridized carbons (Fsp3) is 0. The number of rotatable bonds is 0. The van der Waals surface area contributed by atoms with E-state index in [0.717, 1.165) is 0 Å². The minimum Gasteiger partial charge on any atom is -0.489 e. The number of nitrogens with zero attached hydrogens (tertiary/aromatic N) is 1. The second kappa shape index (κ2) is 8.87. The Morgan fingerprint density at radius 2 is 1.25 bits per heavy atom. The molecule has 0 heterocycles. The van der Waals surface area contributed by atoms with Gasteiger partial charge in [0.2, 0.25) is 0 Å². The van der Waals surface area contributed by atoms with Crippen LogP contribution in [0, 0.1) is 0 Å². The maximum atomic E-state index is 4.39. The fourth-order valence-corrected chi connectivity index (χ4v) is 0. The van der Waals surface area contributed by atoms with Gasteiger partial charge < -0.3 is 4.35 Å². The largest absolute Gasteiger partial charge is 0.489 e. The Balaban J connectivity index is 0. The van der Waals surface area contributed by atoms with Gasteiger partial charge in [-0.2, -0.15) is 0 Å². The molecular weight excluding hydrogens is 280 g/mol. The van der Waals surface area contributed by atoms with Crippen molar-refractivity contribution in [3.05, 3.63) is 4.35 Å². The molecule has 0 radical (unpaired) electrons. The molecule has 0 fully saturated rings. The van der Waals surface area contributed by atoms with Crippen molar-refractivity contribution in [2.75, 3.05) is 0 Å². The summed E-state index contributed by atoms with van der Waals surface area (Å²) in [5.41, 5.74) is 0. The molecule has 0 unspecified atom stereocenters. The first-order valence-electron chi connectivity index (χ1n) is 0.338. The van der Waals surface area contributed by atoms with Crippen LogP contribution in [0.15, 0.2) is 0 Å². The standard InChI is InChI=1S/Cl2N.Pt/c1-3-2;/q-1;. The molecule has 0 aliphatic carbocycles. The molecule has 0 rings (SSSR count). The van der Waals surface area contributed by atoms with Gasteiger partial charge in [-0.3, -0.25) is 23.6 Å². The van der Waals surface area contributed by atoms with Gasteiger partial charge in [0.25, 0.3) is 0 Å². The Morgan fingerprint density at radius 3 is 1.25 bits per heavy atom. The summed E-state index contributed by atoms with van der Waals surface area (Å²) in [5.74, 6) is 0. The minimum absolute atomic E-state index is 0. The van der Waals surface area contributed by atoms with Crippen molar-refractivity contribution < 1.29 is 21.1 Å². The Labute approximate surface area is 49.1 Å². The zero-order valence-corrected chi connectivity index (χ0v) is 5.30. The smallest absolute Gasteiger partial charge is 0 e. The quantitative estimate of drug-likeness (QED) is 0.641. The summed E-state index contributed by atoms with van der Waals surface area (Å²) < 4.78 is 2.44. The molecule has 4 heavy (non-hydrogen) atoms. The van der Waals surface area contributed by atoms with E-state index in [-0.39, 0.29) is 21.1 Å². The van der Waals surface area contributed by atoms with Gasteiger partial charge in [0, 0.05) is 21.1 Å². The van der Waals surface area contributed by atoms with E-state index >= 15 is 0 Å². The molecule has 0 atom stereocenters. The minimum atomic E-state index is 0. The van der Waals surface area contributed by atoms with Gasteiger partial charge in [0.05, 0.1) is 0 Å². The zero-order valence-electron chi connectivity index (χ0n) is 1.52. The van der Waals surface area contributed by atoms with Crippen LogP contribution in [-0.4, -0.2) is 0 Å². The summed E-state index contributed by atoms with van der Waals surface area (Å²) in [6.07, 6.45) is 0. The summed E-state index contributed by atoms with van der Waals surface area (Å²) in [4.78, 5) is 0. The molecule has 4 heteroatoms. The molecular formula is Cl2NPt-. The van der Waals surface area contributed by atoms with Crippen molar-refractivity contribution in [1.29, 1.82) is 0 Å². The predicted molar refractivity (Wildman–Crippen MR) is 15.1 cm³/mol. The van der Waals surface area contributed by atoms with Gasteiger partial charge in [-0.25, -0.2) is 0 Å². The maximum Gasteiger partial charge on any atom is 0 e. The van der Waals surface area contributed by atoms with E-state index in [1.807, 2.05) is 0 Å². The number of hydrogen-bond donors (Lipinski definition) is 0. The van der Waals surface area contributed by atoms with Crippen molar-refractivity contribution in [3.63, 3.8) is 0 Å². The van der Waals surface area contributed by atoms with Gasteiger partial charge in [0.1, 0.15) is 0 Å². The molecule has 0 aromatic rings. The van der Waals surface area contributed by atoms with Gasteiger partial charge in [-0.15, -0.1) is 0 Å². The van der Waals surface area contributed by atoms with Crippen LogP contribution in [-0.2, 0) is 21.1 Å². The summed E-state index contributed by atoms with van der Waals surface area (Å²) >= 11 is 8.78. The number of halogens is 2. The Kier molecular flexibility index (Phi) is 19.9. The van der Waals surface area contributed by atoms with Crippen LogP contribution in [0.1, 0.15) is 0 Å². The Hall–Kier alpha value is 1.23. The first-order chi connectivity index (χ1) is 1.41. The summed E-state index contributed by atoms with van der Waals surface area (Å²) in [6.45, 7) is 0. The summed E-state index contributed by atoms with van der Waals surface area (Å²) in [6, 6.07) is 0. The van der Waals surface area contributed by atoms with E-state index in [9.17, 15) is 0 Å². The SMILES string of the molecule is Cl[N-]Cl.[Pt]. The molecule has 0 aromatic carbocycles. The third kappa shape index (κ3) is 10.6. The van der Waals surface area contributed by atoms with E-state index in [4.69, 9.17) is 0 Å². The van der Waals surface area contributed by atoms with Crippen LogP contribution in [0.4, 0.5) is 0 Å². The van der Waals surface area contributed by atoms with Crippen molar-refractivity contribution in [2.24, 2.45) is 0 Å². The van der Waals surface area contributed by atoms with Crippen LogP contribution in [0.5, 0.6) is 0 Å². The van der Waals surface area contributed by atoms with Crippen molar-refractivity contribution in [2.45, 2.75) is 0 Å². The molecule has 0 saturated carbocycles. The predicted octanol–water partition coefficient (Wildman–Crippen LogP) is 1.67. The van der Waals surface area contributed by atoms with Gasteiger partial charge in [0.15, 0.2) is 0 Å². The molecule has 1 nitrogen and oxygen atoms in total. The van der Waals surface area contributed by atoms with Crippen molar-refractivity contribution >= 4 is 23.6 Å². The third-order valence-corrected chi connectivity index (χ3v) is 0. The molecule has 0 aliphatic heterocycles. The van der Waals surface area contributed by atoms with Crippen LogP contribution in [0.2, 0.25) is 0 Å². The summed E-state index contributed by atoms with van der Waals surface area (Å²) in [5, 5.41) is 0. The monoisotopic (exact) mass is 279 g/mol. The Morgan fingerprint density at radius 1 is 1.25 bits per heavy atom. The van der Waals surface area contributed by atoms with E-state index in [1.165, 1.54) is 0 Å². The number of hydrogen-bond acceptors (Lipinski definition) is 0. The molecule has 0 N–H and O–H groups in total. The zero-order chi connectivity index (χ0) is 2.71. The molecule has 0 amide bonds. The van der Waals surface area contributed by atoms with Crippen LogP contribution < -0.4 is 0 Å². The van der Waals surface area contributed by atoms with Crippen LogP contribution in [0.25, 0.3) is 4.35 Å². The van der Waals surface area contributed by atoms with E-state index < -0.39 is 0 Å². The average molecular weight is 280 g/mol. The molecule has 0 spiro atoms. The van der Waals surface area contributed by atoms with Gasteiger partial charge >= 0.3 is 0 Å². The molecule has 0 aliphatic rings. The van der Waals surface area contributed by atoms with Crippen LogP contribution in [0.3, 0.4) is 0 Å². The summed E-state index contributed by atoms with van der Waals surface area (Å²) in [7, 11) is 0. The second-order valence-corrected chi connectivity index (χ2v) is 0.575. The fourth-order valence-electron chi connectivity index (χ4n) is 0. The van der Waals surface area contributed by atoms with Crippen molar-refractivity contribution in [3.8, 4) is 0 Å². The van der Waals surface area contributed by atoms with E-state index in [1.54, 1.807) is 0 Å². The molecule has 0 bridgehead atoms. The van der Waals surface area contributed by atoms with Gasteiger partial charge in [-0.05, 0) is 0 Å². The Bertz CT molecular complexity index is 6.00. The molecule has 0 saturated heterocycles. The topological polar surface area (TPSA) is 14.1 Å². The van der Waals surface area contributed by atoms with Gasteiger partial charge in [-0.1, -0.05) is 0 Å². The van der Waals surface area contributed by atoms with E-state index in [0.29, 0.717) is 0 Å². The third-order valence-electron chi connectivity index (χ3n) is 0. The molecule has 30 valence electrons.